The summed E-state index contributed by atoms with van der Waals surface area (Å²) >= 11 is 0. The lowest BCUT2D eigenvalue weighted by atomic mass is 9.98. The third-order valence-electron chi connectivity index (χ3n) is 5.00. The molecule has 0 bridgehead atoms. The van der Waals surface area contributed by atoms with E-state index in [9.17, 15) is 10.2 Å². The van der Waals surface area contributed by atoms with Crippen LogP contribution in [0.5, 0.6) is 0 Å². The molecule has 2 N–H and O–H groups in total. The van der Waals surface area contributed by atoms with Gasteiger partial charge in [-0.3, -0.25) is 0 Å². The maximum Gasteiger partial charge on any atom is 0.185 e. The zero-order valence-electron chi connectivity index (χ0n) is 15.5. The van der Waals surface area contributed by atoms with Gasteiger partial charge < -0.3 is 33.9 Å². The molecule has 0 amide bonds. The van der Waals surface area contributed by atoms with Crippen molar-refractivity contribution in [3.05, 3.63) is 71.8 Å². The molecule has 2 saturated heterocycles. The lowest BCUT2D eigenvalue weighted by Gasteiger charge is -2.49. The van der Waals surface area contributed by atoms with Crippen molar-refractivity contribution < 1.29 is 33.9 Å². The molecule has 28 heavy (non-hydrogen) atoms. The average molecular weight is 388 g/mol. The van der Waals surface area contributed by atoms with Crippen molar-refractivity contribution in [3.63, 3.8) is 0 Å². The number of hydrogen-bond acceptors (Lipinski definition) is 7. The first-order valence-electron chi connectivity index (χ1n) is 9.24. The normalized spacial score (nSPS) is 33.8. The Bertz CT molecular complexity index is 733. The Morgan fingerprint density at radius 2 is 1.36 bits per heavy atom. The fraction of sp³-hybridized carbons (Fsp3) is 0.429. The van der Waals surface area contributed by atoms with E-state index in [1.54, 1.807) is 0 Å². The molecule has 2 aliphatic rings. The molecule has 2 heterocycles. The van der Waals surface area contributed by atoms with Crippen molar-refractivity contribution in [3.8, 4) is 0 Å². The first-order chi connectivity index (χ1) is 13.7. The van der Waals surface area contributed by atoms with Crippen LogP contribution in [0.3, 0.4) is 0 Å². The predicted molar refractivity (Wildman–Crippen MR) is 98.0 cm³/mol. The van der Waals surface area contributed by atoms with Crippen LogP contribution >= 0.6 is 0 Å². The maximum absolute atomic E-state index is 10.4. The van der Waals surface area contributed by atoms with Crippen LogP contribution in [0.1, 0.15) is 23.7 Å². The molecular formula is C21H24O7. The molecule has 2 aliphatic heterocycles. The van der Waals surface area contributed by atoms with Gasteiger partial charge in [0.1, 0.15) is 24.4 Å². The summed E-state index contributed by atoms with van der Waals surface area (Å²) in [4.78, 5) is 0. The Balaban J connectivity index is 1.63. The summed E-state index contributed by atoms with van der Waals surface area (Å²) in [5.74, 6) is 0. The van der Waals surface area contributed by atoms with Crippen LogP contribution < -0.4 is 0 Å². The third-order valence-corrected chi connectivity index (χ3v) is 5.00. The molecule has 0 aliphatic carbocycles. The van der Waals surface area contributed by atoms with Crippen LogP contribution in [-0.2, 0) is 23.7 Å². The van der Waals surface area contributed by atoms with Gasteiger partial charge in [0.2, 0.25) is 0 Å². The maximum atomic E-state index is 10.4. The van der Waals surface area contributed by atoms with Gasteiger partial charge in [-0.25, -0.2) is 0 Å². The molecular weight excluding hydrogens is 364 g/mol. The average Bonchev–Trinajstić information content (AvgIpc) is 2.78. The molecule has 7 nitrogen and oxygen atoms in total. The van der Waals surface area contributed by atoms with Crippen LogP contribution in [-0.4, -0.2) is 54.6 Å². The van der Waals surface area contributed by atoms with Gasteiger partial charge in [-0.2, -0.15) is 0 Å². The van der Waals surface area contributed by atoms with Crippen molar-refractivity contribution >= 4 is 0 Å². The minimum absolute atomic E-state index is 0.259. The first kappa shape index (κ1) is 19.5. The van der Waals surface area contributed by atoms with E-state index in [1.807, 2.05) is 60.7 Å². The van der Waals surface area contributed by atoms with Crippen molar-refractivity contribution in [2.75, 3.05) is 13.7 Å². The highest BCUT2D eigenvalue weighted by molar-refractivity contribution is 5.18. The third kappa shape index (κ3) is 3.83. The lowest BCUT2D eigenvalue weighted by molar-refractivity contribution is -0.403. The molecule has 2 aromatic carbocycles. The number of methoxy groups -OCH3 is 1. The zero-order chi connectivity index (χ0) is 19.5. The van der Waals surface area contributed by atoms with Gasteiger partial charge in [0, 0.05) is 18.2 Å². The Kier molecular flexibility index (Phi) is 6.03. The largest absolute Gasteiger partial charge is 0.394 e. The van der Waals surface area contributed by atoms with E-state index in [0.717, 1.165) is 11.1 Å². The molecule has 150 valence electrons. The second-order valence-electron chi connectivity index (χ2n) is 6.77. The number of ether oxygens (including phenoxy) is 5. The van der Waals surface area contributed by atoms with E-state index < -0.39 is 43.3 Å². The summed E-state index contributed by atoms with van der Waals surface area (Å²) in [5.41, 5.74) is 1.59. The summed E-state index contributed by atoms with van der Waals surface area (Å²) in [6.45, 7) is -0.259. The van der Waals surface area contributed by atoms with Gasteiger partial charge in [-0.1, -0.05) is 60.7 Å². The van der Waals surface area contributed by atoms with Gasteiger partial charge in [-0.15, -0.1) is 0 Å². The van der Waals surface area contributed by atoms with Crippen LogP contribution in [0.4, 0.5) is 0 Å². The molecule has 7 atom stereocenters. The van der Waals surface area contributed by atoms with E-state index in [4.69, 9.17) is 23.7 Å². The van der Waals surface area contributed by atoms with Crippen LogP contribution in [0.25, 0.3) is 0 Å². The molecule has 2 aromatic rings. The lowest BCUT2D eigenvalue weighted by Crippen LogP contribution is -2.61. The second kappa shape index (κ2) is 8.67. The number of benzene rings is 2. The fourth-order valence-electron chi connectivity index (χ4n) is 3.57. The second-order valence-corrected chi connectivity index (χ2v) is 6.77. The Hall–Kier alpha value is -1.84. The molecule has 0 aromatic heterocycles. The highest BCUT2D eigenvalue weighted by Crippen LogP contribution is 2.41. The number of aliphatic hydroxyl groups is 2. The summed E-state index contributed by atoms with van der Waals surface area (Å²) in [7, 11) is 1.40. The van der Waals surface area contributed by atoms with Crippen molar-refractivity contribution in [2.45, 2.75) is 43.3 Å². The smallest absolute Gasteiger partial charge is 0.185 e. The Labute approximate surface area is 163 Å². The van der Waals surface area contributed by atoms with Gasteiger partial charge in [0.05, 0.1) is 6.61 Å². The molecule has 4 rings (SSSR count). The molecule has 0 radical (unpaired) electrons. The van der Waals surface area contributed by atoms with Crippen molar-refractivity contribution in [1.29, 1.82) is 0 Å². The van der Waals surface area contributed by atoms with Crippen LogP contribution in [0.2, 0.25) is 0 Å². The number of aliphatic hydroxyl groups excluding tert-OH is 2. The van der Waals surface area contributed by atoms with E-state index >= 15 is 0 Å². The standard InChI is InChI=1S/C21H24O7/c1-24-19(23)18-17-16(26-21(28-18)14-10-6-3-7-11-14)15(12-22)25-20(27-17)13-8-4-2-5-9-13/h2-11,15-23H,12H2,1H3/t15-,16+,17-,18-,19-,20-,21-/m0/s1. The molecule has 7 heteroatoms. The van der Waals surface area contributed by atoms with E-state index in [1.165, 1.54) is 7.11 Å². The fourth-order valence-corrected chi connectivity index (χ4v) is 3.57. The number of fused-ring (bicyclic) bond motifs is 1. The minimum atomic E-state index is -1.23. The van der Waals surface area contributed by atoms with Crippen LogP contribution in [0, 0.1) is 0 Å². The molecule has 0 unspecified atom stereocenters. The summed E-state index contributed by atoms with van der Waals surface area (Å²) in [5, 5.41) is 20.4. The zero-order valence-corrected chi connectivity index (χ0v) is 15.5. The number of rotatable bonds is 5. The van der Waals surface area contributed by atoms with Gasteiger partial charge in [-0.05, 0) is 0 Å². The first-order valence-corrected chi connectivity index (χ1v) is 9.24. The number of hydrogen-bond donors (Lipinski definition) is 2. The van der Waals surface area contributed by atoms with Crippen molar-refractivity contribution in [2.24, 2.45) is 0 Å². The monoisotopic (exact) mass is 388 g/mol. The summed E-state index contributed by atoms with van der Waals surface area (Å²) in [6.07, 6.45) is -5.48. The summed E-state index contributed by atoms with van der Waals surface area (Å²) < 4.78 is 29.3. The van der Waals surface area contributed by atoms with Gasteiger partial charge >= 0.3 is 0 Å². The summed E-state index contributed by atoms with van der Waals surface area (Å²) in [6, 6.07) is 18.8. The van der Waals surface area contributed by atoms with Crippen LogP contribution in [0.15, 0.2) is 60.7 Å². The molecule has 2 fully saturated rings. The Morgan fingerprint density at radius 1 is 0.821 bits per heavy atom. The van der Waals surface area contributed by atoms with Gasteiger partial charge in [0.25, 0.3) is 0 Å². The van der Waals surface area contributed by atoms with Gasteiger partial charge in [0.15, 0.2) is 18.9 Å². The molecule has 0 saturated carbocycles. The highest BCUT2D eigenvalue weighted by Gasteiger charge is 2.52. The topological polar surface area (TPSA) is 86.6 Å². The van der Waals surface area contributed by atoms with E-state index in [2.05, 4.69) is 0 Å². The predicted octanol–water partition coefficient (Wildman–Crippen LogP) is 1.91. The van der Waals surface area contributed by atoms with E-state index in [0.29, 0.717) is 0 Å². The SMILES string of the molecule is CO[C@H](O)[C@H]1O[C@@H](c2ccccc2)O[C@H]2[C@@H]1O[C@@H](c1ccccc1)O[C@H]2CO. The minimum Gasteiger partial charge on any atom is -0.394 e. The highest BCUT2D eigenvalue weighted by atomic mass is 16.8. The Morgan fingerprint density at radius 3 is 1.89 bits per heavy atom. The molecule has 0 spiro atoms. The van der Waals surface area contributed by atoms with Crippen molar-refractivity contribution in [1.82, 2.24) is 0 Å². The quantitative estimate of drug-likeness (QED) is 0.757. The van der Waals surface area contributed by atoms with E-state index in [-0.39, 0.29) is 6.61 Å².